The molecule has 21 heavy (non-hydrogen) atoms. The third-order valence-electron chi connectivity index (χ3n) is 3.01. The van der Waals surface area contributed by atoms with E-state index in [4.69, 9.17) is 14.4 Å². The van der Waals surface area contributed by atoms with Gasteiger partial charge in [0.15, 0.2) is 0 Å². The predicted octanol–water partition coefficient (Wildman–Crippen LogP) is 3.16. The van der Waals surface area contributed by atoms with Gasteiger partial charge in [-0.05, 0) is 30.7 Å². The number of rotatable bonds is 2. The van der Waals surface area contributed by atoms with Gasteiger partial charge in [0, 0.05) is 29.8 Å². The minimum Gasteiger partial charge on any atom is -0.439 e. The second kappa shape index (κ2) is 5.10. The lowest BCUT2D eigenvalue weighted by Gasteiger charge is -2.06. The molecule has 0 fully saturated rings. The summed E-state index contributed by atoms with van der Waals surface area (Å²) >= 11 is 0. The van der Waals surface area contributed by atoms with Crippen molar-refractivity contribution in [2.45, 2.75) is 6.92 Å². The monoisotopic (exact) mass is 278 g/mol. The highest BCUT2D eigenvalue weighted by Crippen LogP contribution is 2.25. The Labute approximate surface area is 120 Å². The largest absolute Gasteiger partial charge is 0.439 e. The van der Waals surface area contributed by atoms with Crippen LogP contribution in [0.2, 0.25) is 0 Å². The number of fused-ring (bicyclic) bond motifs is 1. The van der Waals surface area contributed by atoms with Crippen LogP contribution in [0.15, 0.2) is 51.8 Å². The van der Waals surface area contributed by atoms with E-state index in [-0.39, 0.29) is 0 Å². The molecule has 0 aliphatic carbocycles. The quantitative estimate of drug-likeness (QED) is 0.673. The normalized spacial score (nSPS) is 10.3. The Morgan fingerprint density at radius 2 is 2.10 bits per heavy atom. The Kier molecular flexibility index (Phi) is 3.13. The van der Waals surface area contributed by atoms with Crippen LogP contribution in [-0.2, 0) is 0 Å². The summed E-state index contributed by atoms with van der Waals surface area (Å²) in [6, 6.07) is 11.8. The van der Waals surface area contributed by atoms with Crippen LogP contribution in [0.4, 0.5) is 0 Å². The van der Waals surface area contributed by atoms with Crippen LogP contribution >= 0.6 is 0 Å². The number of aryl methyl sites for hydroxylation is 1. The first kappa shape index (κ1) is 12.9. The van der Waals surface area contributed by atoms with E-state index in [0.29, 0.717) is 22.8 Å². The summed E-state index contributed by atoms with van der Waals surface area (Å²) in [7, 11) is 0. The van der Waals surface area contributed by atoms with E-state index in [9.17, 15) is 4.79 Å². The minimum atomic E-state index is -0.401. The number of hydrogen-bond donors (Lipinski definition) is 0. The van der Waals surface area contributed by atoms with Crippen molar-refractivity contribution < 1.29 is 9.15 Å². The molecule has 0 bridgehead atoms. The van der Waals surface area contributed by atoms with E-state index in [1.807, 2.05) is 19.1 Å². The number of benzene rings is 1. The van der Waals surface area contributed by atoms with Crippen molar-refractivity contribution >= 4 is 11.0 Å². The number of aromatic nitrogens is 1. The average Bonchev–Trinajstić information content (AvgIpc) is 2.47. The Morgan fingerprint density at radius 1 is 1.24 bits per heavy atom. The summed E-state index contributed by atoms with van der Waals surface area (Å²) < 4.78 is 10.7. The van der Waals surface area contributed by atoms with Crippen LogP contribution in [-0.4, -0.2) is 4.98 Å². The third kappa shape index (κ3) is 2.60. The number of pyridine rings is 1. The van der Waals surface area contributed by atoms with Gasteiger partial charge in [0.1, 0.15) is 11.3 Å². The number of ether oxygens (including phenoxy) is 1. The van der Waals surface area contributed by atoms with Crippen LogP contribution in [0, 0.1) is 18.3 Å². The maximum atomic E-state index is 11.4. The van der Waals surface area contributed by atoms with Gasteiger partial charge >= 0.3 is 5.63 Å². The van der Waals surface area contributed by atoms with Gasteiger partial charge in [0.25, 0.3) is 0 Å². The van der Waals surface area contributed by atoms with E-state index >= 15 is 0 Å². The van der Waals surface area contributed by atoms with E-state index in [0.717, 1.165) is 10.9 Å². The SMILES string of the molecule is Cc1cc(=O)oc2cc(Oc3cc(C#N)ccn3)ccc12. The molecule has 2 heterocycles. The zero-order valence-electron chi connectivity index (χ0n) is 11.2. The van der Waals surface area contributed by atoms with Gasteiger partial charge in [-0.15, -0.1) is 0 Å². The van der Waals surface area contributed by atoms with Gasteiger partial charge in [0.2, 0.25) is 5.88 Å². The molecule has 5 nitrogen and oxygen atoms in total. The zero-order valence-corrected chi connectivity index (χ0v) is 11.2. The summed E-state index contributed by atoms with van der Waals surface area (Å²) in [4.78, 5) is 15.4. The van der Waals surface area contributed by atoms with Crippen molar-refractivity contribution in [3.05, 3.63) is 64.1 Å². The highest BCUT2D eigenvalue weighted by Gasteiger charge is 2.06. The van der Waals surface area contributed by atoms with Crippen molar-refractivity contribution in [3.63, 3.8) is 0 Å². The van der Waals surface area contributed by atoms with E-state index in [1.54, 1.807) is 18.2 Å². The smallest absolute Gasteiger partial charge is 0.336 e. The summed E-state index contributed by atoms with van der Waals surface area (Å²) in [6.07, 6.45) is 1.50. The standard InChI is InChI=1S/C16H10N2O3/c1-10-6-16(19)21-14-8-12(2-3-13(10)14)20-15-7-11(9-17)4-5-18-15/h2-8H,1H3. The van der Waals surface area contributed by atoms with Crippen LogP contribution in [0.5, 0.6) is 11.6 Å². The molecule has 0 N–H and O–H groups in total. The first-order valence-electron chi connectivity index (χ1n) is 6.24. The third-order valence-corrected chi connectivity index (χ3v) is 3.01. The first-order valence-corrected chi connectivity index (χ1v) is 6.24. The van der Waals surface area contributed by atoms with Crippen LogP contribution in [0.3, 0.4) is 0 Å². The molecule has 2 aromatic heterocycles. The van der Waals surface area contributed by atoms with Gasteiger partial charge < -0.3 is 9.15 Å². The molecular formula is C16H10N2O3. The van der Waals surface area contributed by atoms with Crippen LogP contribution in [0.25, 0.3) is 11.0 Å². The molecule has 0 amide bonds. The Hall–Kier alpha value is -3.13. The average molecular weight is 278 g/mol. The molecule has 3 rings (SSSR count). The molecule has 0 saturated heterocycles. The lowest BCUT2D eigenvalue weighted by atomic mass is 10.1. The second-order valence-corrected chi connectivity index (χ2v) is 4.50. The minimum absolute atomic E-state index is 0.309. The molecule has 5 heteroatoms. The number of nitriles is 1. The Balaban J connectivity index is 2.01. The molecular weight excluding hydrogens is 268 g/mol. The van der Waals surface area contributed by atoms with Crippen molar-refractivity contribution in [2.75, 3.05) is 0 Å². The molecule has 0 spiro atoms. The molecule has 0 radical (unpaired) electrons. The van der Waals surface area contributed by atoms with E-state index in [2.05, 4.69) is 4.98 Å². The molecule has 0 saturated carbocycles. The van der Waals surface area contributed by atoms with E-state index < -0.39 is 5.63 Å². The predicted molar refractivity (Wildman–Crippen MR) is 76.2 cm³/mol. The molecule has 3 aromatic rings. The highest BCUT2D eigenvalue weighted by atomic mass is 16.5. The van der Waals surface area contributed by atoms with E-state index in [1.165, 1.54) is 18.3 Å². The lowest BCUT2D eigenvalue weighted by Crippen LogP contribution is -1.98. The number of nitrogens with zero attached hydrogens (tertiary/aromatic N) is 2. The zero-order chi connectivity index (χ0) is 14.8. The summed E-state index contributed by atoms with van der Waals surface area (Å²) in [5, 5.41) is 9.70. The summed E-state index contributed by atoms with van der Waals surface area (Å²) in [5.41, 5.74) is 1.36. The number of hydrogen-bond acceptors (Lipinski definition) is 5. The first-order chi connectivity index (χ1) is 10.2. The van der Waals surface area contributed by atoms with Gasteiger partial charge in [-0.2, -0.15) is 5.26 Å². The van der Waals surface area contributed by atoms with Crippen molar-refractivity contribution in [1.29, 1.82) is 5.26 Å². The fourth-order valence-corrected chi connectivity index (χ4v) is 2.02. The molecule has 0 aliphatic heterocycles. The van der Waals surface area contributed by atoms with Gasteiger partial charge in [0.05, 0.1) is 11.6 Å². The maximum absolute atomic E-state index is 11.4. The van der Waals surface area contributed by atoms with Gasteiger partial charge in [-0.3, -0.25) is 0 Å². The van der Waals surface area contributed by atoms with Crippen LogP contribution < -0.4 is 10.4 Å². The van der Waals surface area contributed by atoms with Crippen molar-refractivity contribution in [2.24, 2.45) is 0 Å². The molecule has 0 atom stereocenters. The molecule has 0 aliphatic rings. The highest BCUT2D eigenvalue weighted by molar-refractivity contribution is 5.81. The Morgan fingerprint density at radius 3 is 2.90 bits per heavy atom. The van der Waals surface area contributed by atoms with Gasteiger partial charge in [-0.25, -0.2) is 9.78 Å². The Bertz CT molecular complexity index is 923. The lowest BCUT2D eigenvalue weighted by molar-refractivity contribution is 0.461. The molecule has 102 valence electrons. The molecule has 0 unspecified atom stereocenters. The topological polar surface area (TPSA) is 76.1 Å². The van der Waals surface area contributed by atoms with Gasteiger partial charge in [-0.1, -0.05) is 0 Å². The van der Waals surface area contributed by atoms with Crippen molar-refractivity contribution in [3.8, 4) is 17.7 Å². The fourth-order valence-electron chi connectivity index (χ4n) is 2.02. The maximum Gasteiger partial charge on any atom is 0.336 e. The van der Waals surface area contributed by atoms with Crippen LogP contribution in [0.1, 0.15) is 11.1 Å². The molecule has 1 aromatic carbocycles. The summed E-state index contributed by atoms with van der Waals surface area (Å²) in [6.45, 7) is 1.84. The fraction of sp³-hybridized carbons (Fsp3) is 0.0625. The second-order valence-electron chi connectivity index (χ2n) is 4.50. The summed E-state index contributed by atoms with van der Waals surface area (Å²) in [5.74, 6) is 0.794. The van der Waals surface area contributed by atoms with Crippen molar-refractivity contribution in [1.82, 2.24) is 4.98 Å².